The molecule has 0 aromatic heterocycles. The summed E-state index contributed by atoms with van der Waals surface area (Å²) in [6, 6.07) is 7.03. The third kappa shape index (κ3) is 4.81. The molecule has 96 valence electrons. The molecule has 0 aliphatic rings. The van der Waals surface area contributed by atoms with Crippen LogP contribution in [-0.4, -0.2) is 7.05 Å². The van der Waals surface area contributed by atoms with Gasteiger partial charge in [-0.15, -0.1) is 0 Å². The Balaban J connectivity index is 2.79. The molecule has 1 nitrogen and oxygen atoms in total. The Morgan fingerprint density at radius 3 is 2.41 bits per heavy atom. The molecule has 0 heterocycles. The molecule has 1 atom stereocenters. The van der Waals surface area contributed by atoms with Crippen LogP contribution in [0, 0.1) is 12.3 Å². The fraction of sp³-hybridized carbons (Fsp3) is 0.600. The first kappa shape index (κ1) is 14.7. The average Bonchev–Trinajstić information content (AvgIpc) is 2.19. The van der Waals surface area contributed by atoms with Gasteiger partial charge in [0.05, 0.1) is 0 Å². The average molecular weight is 298 g/mol. The monoisotopic (exact) mass is 297 g/mol. The molecule has 1 N–H and O–H groups in total. The van der Waals surface area contributed by atoms with Crippen molar-refractivity contribution in [1.82, 2.24) is 5.32 Å². The highest BCUT2D eigenvalue weighted by molar-refractivity contribution is 9.10. The SMILES string of the molecule is CNC(CCC(C)(C)C)c1ccc(C)cc1Br. The van der Waals surface area contributed by atoms with Crippen LogP contribution in [-0.2, 0) is 0 Å². The molecule has 0 bridgehead atoms. The maximum atomic E-state index is 3.67. The second kappa shape index (κ2) is 6.01. The molecule has 1 aromatic carbocycles. The van der Waals surface area contributed by atoms with Crippen molar-refractivity contribution in [2.75, 3.05) is 7.05 Å². The van der Waals surface area contributed by atoms with Gasteiger partial charge < -0.3 is 5.32 Å². The second-order valence-corrected chi connectivity index (χ2v) is 6.82. The van der Waals surface area contributed by atoms with Gasteiger partial charge in [0.25, 0.3) is 0 Å². The van der Waals surface area contributed by atoms with Crippen LogP contribution in [0.5, 0.6) is 0 Å². The van der Waals surface area contributed by atoms with Gasteiger partial charge in [0.2, 0.25) is 0 Å². The summed E-state index contributed by atoms with van der Waals surface area (Å²) in [5.74, 6) is 0. The Morgan fingerprint density at radius 2 is 1.94 bits per heavy atom. The lowest BCUT2D eigenvalue weighted by atomic mass is 9.87. The summed E-state index contributed by atoms with van der Waals surface area (Å²) in [6.45, 7) is 9.01. The molecule has 1 unspecified atom stereocenters. The van der Waals surface area contributed by atoms with Gasteiger partial charge in [-0.1, -0.05) is 48.8 Å². The quantitative estimate of drug-likeness (QED) is 0.838. The van der Waals surface area contributed by atoms with Gasteiger partial charge in [-0.25, -0.2) is 0 Å². The summed E-state index contributed by atoms with van der Waals surface area (Å²) in [6.07, 6.45) is 2.39. The molecule has 0 fully saturated rings. The van der Waals surface area contributed by atoms with E-state index in [4.69, 9.17) is 0 Å². The molecule has 1 rings (SSSR count). The Morgan fingerprint density at radius 1 is 1.29 bits per heavy atom. The number of halogens is 1. The van der Waals surface area contributed by atoms with Gasteiger partial charge in [0.1, 0.15) is 0 Å². The smallest absolute Gasteiger partial charge is 0.0328 e. The number of aryl methyl sites for hydroxylation is 1. The lowest BCUT2D eigenvalue weighted by molar-refractivity contribution is 0.337. The largest absolute Gasteiger partial charge is 0.313 e. The van der Waals surface area contributed by atoms with Crippen molar-refractivity contribution in [3.8, 4) is 0 Å². The number of rotatable bonds is 4. The highest BCUT2D eigenvalue weighted by atomic mass is 79.9. The summed E-state index contributed by atoms with van der Waals surface area (Å²) in [7, 11) is 2.04. The molecule has 0 aliphatic heterocycles. The van der Waals surface area contributed by atoms with Crippen LogP contribution in [0.25, 0.3) is 0 Å². The molecule has 0 radical (unpaired) electrons. The molecule has 0 spiro atoms. The first-order valence-electron chi connectivity index (χ1n) is 6.27. The molecule has 0 amide bonds. The normalized spacial score (nSPS) is 13.8. The van der Waals surface area contributed by atoms with Crippen molar-refractivity contribution in [2.24, 2.45) is 5.41 Å². The van der Waals surface area contributed by atoms with E-state index in [1.807, 2.05) is 7.05 Å². The first-order chi connectivity index (χ1) is 7.83. The maximum absolute atomic E-state index is 3.67. The minimum Gasteiger partial charge on any atom is -0.313 e. The standard InChI is InChI=1S/C15H24BrN/c1-11-6-7-12(13(16)10-11)14(17-5)8-9-15(2,3)4/h6-7,10,14,17H,8-9H2,1-5H3. The molecular formula is C15H24BrN. The highest BCUT2D eigenvalue weighted by Crippen LogP contribution is 2.31. The van der Waals surface area contributed by atoms with Crippen molar-refractivity contribution >= 4 is 15.9 Å². The summed E-state index contributed by atoms with van der Waals surface area (Å²) in [5.41, 5.74) is 3.06. The Labute approximate surface area is 114 Å². The zero-order chi connectivity index (χ0) is 13.1. The fourth-order valence-electron chi connectivity index (χ4n) is 1.95. The molecule has 0 saturated heterocycles. The van der Waals surface area contributed by atoms with Gasteiger partial charge in [-0.3, -0.25) is 0 Å². The number of nitrogens with one attached hydrogen (secondary N) is 1. The van der Waals surface area contributed by atoms with Crippen LogP contribution >= 0.6 is 15.9 Å². The van der Waals surface area contributed by atoms with Crippen LogP contribution in [0.4, 0.5) is 0 Å². The molecule has 0 aliphatic carbocycles. The number of hydrogen-bond donors (Lipinski definition) is 1. The van der Waals surface area contributed by atoms with E-state index in [2.05, 4.69) is 67.1 Å². The predicted octanol–water partition coefficient (Wildman–Crippen LogP) is 4.84. The summed E-state index contributed by atoms with van der Waals surface area (Å²) < 4.78 is 1.21. The van der Waals surface area contributed by atoms with Gasteiger partial charge >= 0.3 is 0 Å². The van der Waals surface area contributed by atoms with Crippen molar-refractivity contribution < 1.29 is 0 Å². The molecular weight excluding hydrogens is 274 g/mol. The van der Waals surface area contributed by atoms with E-state index in [1.165, 1.54) is 28.4 Å². The third-order valence-corrected chi connectivity index (χ3v) is 3.75. The lowest BCUT2D eigenvalue weighted by Gasteiger charge is -2.24. The van der Waals surface area contributed by atoms with Crippen LogP contribution in [0.1, 0.15) is 50.8 Å². The predicted molar refractivity (Wildman–Crippen MR) is 79.4 cm³/mol. The van der Waals surface area contributed by atoms with Gasteiger partial charge in [0, 0.05) is 10.5 Å². The zero-order valence-corrected chi connectivity index (χ0v) is 13.2. The molecule has 2 heteroatoms. The van der Waals surface area contributed by atoms with E-state index in [9.17, 15) is 0 Å². The molecule has 0 saturated carbocycles. The summed E-state index contributed by atoms with van der Waals surface area (Å²) >= 11 is 3.67. The third-order valence-electron chi connectivity index (χ3n) is 3.06. The van der Waals surface area contributed by atoms with E-state index in [-0.39, 0.29) is 0 Å². The minimum absolute atomic E-state index is 0.395. The van der Waals surface area contributed by atoms with Crippen LogP contribution in [0.2, 0.25) is 0 Å². The summed E-state index contributed by atoms with van der Waals surface area (Å²) in [4.78, 5) is 0. The number of hydrogen-bond acceptors (Lipinski definition) is 1. The Hall–Kier alpha value is -0.340. The molecule has 1 aromatic rings. The van der Waals surface area contributed by atoms with Crippen LogP contribution < -0.4 is 5.32 Å². The number of benzene rings is 1. The second-order valence-electron chi connectivity index (χ2n) is 5.97. The van der Waals surface area contributed by atoms with Gasteiger partial charge in [-0.05, 0) is 49.4 Å². The fourth-order valence-corrected chi connectivity index (χ4v) is 2.72. The lowest BCUT2D eigenvalue weighted by Crippen LogP contribution is -2.19. The van der Waals surface area contributed by atoms with E-state index in [0.717, 1.165) is 0 Å². The van der Waals surface area contributed by atoms with E-state index in [0.29, 0.717) is 11.5 Å². The zero-order valence-electron chi connectivity index (χ0n) is 11.6. The first-order valence-corrected chi connectivity index (χ1v) is 7.06. The van der Waals surface area contributed by atoms with Gasteiger partial charge in [-0.2, -0.15) is 0 Å². The van der Waals surface area contributed by atoms with Crippen molar-refractivity contribution in [3.63, 3.8) is 0 Å². The van der Waals surface area contributed by atoms with E-state index >= 15 is 0 Å². The van der Waals surface area contributed by atoms with Crippen LogP contribution in [0.15, 0.2) is 22.7 Å². The highest BCUT2D eigenvalue weighted by Gasteiger charge is 2.17. The summed E-state index contributed by atoms with van der Waals surface area (Å²) in [5, 5.41) is 3.42. The Bertz CT molecular complexity index is 366. The van der Waals surface area contributed by atoms with Crippen molar-refractivity contribution in [3.05, 3.63) is 33.8 Å². The topological polar surface area (TPSA) is 12.0 Å². The van der Waals surface area contributed by atoms with E-state index in [1.54, 1.807) is 0 Å². The maximum Gasteiger partial charge on any atom is 0.0328 e. The van der Waals surface area contributed by atoms with Crippen LogP contribution in [0.3, 0.4) is 0 Å². The molecule has 17 heavy (non-hydrogen) atoms. The minimum atomic E-state index is 0.395. The Kier molecular flexibility index (Phi) is 5.21. The van der Waals surface area contributed by atoms with Crippen molar-refractivity contribution in [1.29, 1.82) is 0 Å². The van der Waals surface area contributed by atoms with Crippen molar-refractivity contribution in [2.45, 2.75) is 46.6 Å². The van der Waals surface area contributed by atoms with Gasteiger partial charge in [0.15, 0.2) is 0 Å². The van der Waals surface area contributed by atoms with E-state index < -0.39 is 0 Å².